The number of para-hydroxylation sites is 2. The van der Waals surface area contributed by atoms with E-state index in [9.17, 15) is 9.59 Å². The quantitative estimate of drug-likeness (QED) is 0.331. The number of amides is 2. The van der Waals surface area contributed by atoms with E-state index in [2.05, 4.69) is 37.8 Å². The highest BCUT2D eigenvalue weighted by Crippen LogP contribution is 2.38. The number of piperidine rings is 1. The maximum absolute atomic E-state index is 13.7. The number of carbonyl (C=O) groups is 2. The van der Waals surface area contributed by atoms with Crippen molar-refractivity contribution < 1.29 is 9.59 Å². The molecule has 2 aliphatic heterocycles. The first-order valence-electron chi connectivity index (χ1n) is 13.1. The van der Waals surface area contributed by atoms with E-state index in [1.54, 1.807) is 6.20 Å². The first-order valence-corrected chi connectivity index (χ1v) is 13.1. The van der Waals surface area contributed by atoms with Crippen molar-refractivity contribution in [3.05, 3.63) is 103 Å². The Morgan fingerprint density at radius 1 is 0.895 bits per heavy atom. The molecule has 0 spiro atoms. The second-order valence-corrected chi connectivity index (χ2v) is 10.1. The Morgan fingerprint density at radius 2 is 1.66 bits per heavy atom. The van der Waals surface area contributed by atoms with Crippen LogP contribution in [0.2, 0.25) is 0 Å². The monoisotopic (exact) mass is 501 g/mol. The van der Waals surface area contributed by atoms with Gasteiger partial charge in [-0.3, -0.25) is 19.5 Å². The highest BCUT2D eigenvalue weighted by molar-refractivity contribution is 6.45. The molecule has 2 aliphatic rings. The summed E-state index contributed by atoms with van der Waals surface area (Å²) in [6.07, 6.45) is 9.18. The molecule has 1 saturated heterocycles. The van der Waals surface area contributed by atoms with Crippen molar-refractivity contribution in [3.8, 4) is 0 Å². The number of anilines is 1. The van der Waals surface area contributed by atoms with Gasteiger partial charge in [-0.05, 0) is 37.1 Å². The SMILES string of the molecule is O=C1C=C(c2cn(C3CCN(Cc4ccccn4)CC3)c3ccccc23)C(=O)N1c1c[nH]c2ccccc12. The van der Waals surface area contributed by atoms with Crippen LogP contribution in [0.25, 0.3) is 27.4 Å². The number of pyridine rings is 1. The third-order valence-corrected chi connectivity index (χ3v) is 7.82. The van der Waals surface area contributed by atoms with E-state index in [0.717, 1.165) is 65.5 Å². The number of nitrogens with zero attached hydrogens (tertiary/aromatic N) is 4. The average molecular weight is 502 g/mol. The number of rotatable bonds is 5. The van der Waals surface area contributed by atoms with E-state index in [4.69, 9.17) is 0 Å². The molecule has 7 heteroatoms. The summed E-state index contributed by atoms with van der Waals surface area (Å²) in [5.41, 5.74) is 4.93. The van der Waals surface area contributed by atoms with E-state index < -0.39 is 0 Å². The Kier molecular flexibility index (Phi) is 5.44. The number of hydrogen-bond acceptors (Lipinski definition) is 4. The number of benzene rings is 2. The molecule has 0 unspecified atom stereocenters. The number of nitrogens with one attached hydrogen (secondary N) is 1. The van der Waals surface area contributed by atoms with Crippen LogP contribution in [0.3, 0.4) is 0 Å². The van der Waals surface area contributed by atoms with Crippen LogP contribution in [-0.4, -0.2) is 44.3 Å². The minimum atomic E-state index is -0.311. The number of aromatic nitrogens is 3. The third kappa shape index (κ3) is 3.74. The molecule has 7 rings (SSSR count). The fourth-order valence-electron chi connectivity index (χ4n) is 5.93. The zero-order chi connectivity index (χ0) is 25.6. The molecule has 0 atom stereocenters. The summed E-state index contributed by atoms with van der Waals surface area (Å²) in [6, 6.07) is 22.3. The minimum Gasteiger partial charge on any atom is -0.359 e. The fraction of sp³-hybridized carbons (Fsp3) is 0.194. The van der Waals surface area contributed by atoms with Gasteiger partial charge in [0.05, 0.1) is 17.0 Å². The molecule has 5 aromatic rings. The summed E-state index contributed by atoms with van der Waals surface area (Å²) >= 11 is 0. The standard InChI is InChI=1S/C31H27N5O2/c37-30-17-25(31(38)36(30)29-18-33-27-10-3-1-9-24(27)29)26-20-35(28-11-4-2-8-23(26)28)22-12-15-34(16-13-22)19-21-7-5-6-14-32-21/h1-11,14,17-18,20,22,33H,12-13,15-16,19H2. The van der Waals surface area contributed by atoms with Gasteiger partial charge in [0.1, 0.15) is 0 Å². The maximum atomic E-state index is 13.7. The topological polar surface area (TPSA) is 74.2 Å². The predicted octanol–water partition coefficient (Wildman–Crippen LogP) is 5.31. The van der Waals surface area contributed by atoms with Crippen molar-refractivity contribution in [3.63, 3.8) is 0 Å². The van der Waals surface area contributed by atoms with Crippen LogP contribution < -0.4 is 4.90 Å². The van der Waals surface area contributed by atoms with Gasteiger partial charge in [-0.1, -0.05) is 42.5 Å². The number of likely N-dealkylation sites (tertiary alicyclic amines) is 1. The molecular weight excluding hydrogens is 474 g/mol. The summed E-state index contributed by atoms with van der Waals surface area (Å²) in [4.78, 5) is 38.2. The number of H-pyrrole nitrogens is 1. The van der Waals surface area contributed by atoms with Gasteiger partial charge >= 0.3 is 0 Å². The Balaban J connectivity index is 1.18. The van der Waals surface area contributed by atoms with Crippen molar-refractivity contribution in [2.75, 3.05) is 18.0 Å². The first kappa shape index (κ1) is 22.7. The molecule has 0 saturated carbocycles. The lowest BCUT2D eigenvalue weighted by atomic mass is 10.0. The summed E-state index contributed by atoms with van der Waals surface area (Å²) in [5, 5.41) is 1.85. The third-order valence-electron chi connectivity index (χ3n) is 7.82. The highest BCUT2D eigenvalue weighted by atomic mass is 16.2. The lowest BCUT2D eigenvalue weighted by molar-refractivity contribution is -0.119. The Hall–Kier alpha value is -4.49. The van der Waals surface area contributed by atoms with Crippen LogP contribution in [0.4, 0.5) is 5.69 Å². The molecule has 188 valence electrons. The van der Waals surface area contributed by atoms with Crippen LogP contribution in [0, 0.1) is 0 Å². The van der Waals surface area contributed by atoms with Gasteiger partial charge in [0.2, 0.25) is 0 Å². The molecule has 2 aromatic carbocycles. The average Bonchev–Trinajstić information content (AvgIpc) is 3.63. The Bertz CT molecular complexity index is 1710. The van der Waals surface area contributed by atoms with E-state index in [0.29, 0.717) is 17.3 Å². The minimum absolute atomic E-state index is 0.284. The molecule has 1 N–H and O–H groups in total. The normalized spacial score (nSPS) is 17.2. The Labute approximate surface area is 220 Å². The molecule has 0 aliphatic carbocycles. The van der Waals surface area contributed by atoms with Crippen LogP contribution in [0.15, 0.2) is 91.4 Å². The molecule has 7 nitrogen and oxygen atoms in total. The summed E-state index contributed by atoms with van der Waals surface area (Å²) in [5.74, 6) is -0.595. The van der Waals surface area contributed by atoms with E-state index in [1.165, 1.54) is 11.0 Å². The molecule has 0 bridgehead atoms. The van der Waals surface area contributed by atoms with Gasteiger partial charge in [0.25, 0.3) is 11.8 Å². The number of fused-ring (bicyclic) bond motifs is 2. The Morgan fingerprint density at radius 3 is 2.47 bits per heavy atom. The lowest BCUT2D eigenvalue weighted by Crippen LogP contribution is -2.34. The predicted molar refractivity (Wildman–Crippen MR) is 148 cm³/mol. The zero-order valence-corrected chi connectivity index (χ0v) is 20.9. The van der Waals surface area contributed by atoms with Gasteiger partial charge in [-0.2, -0.15) is 0 Å². The second kappa shape index (κ2) is 9.11. The van der Waals surface area contributed by atoms with E-state index in [-0.39, 0.29) is 11.8 Å². The summed E-state index contributed by atoms with van der Waals surface area (Å²) in [6.45, 7) is 2.83. The van der Waals surface area contributed by atoms with Gasteiger partial charge in [0.15, 0.2) is 0 Å². The van der Waals surface area contributed by atoms with E-state index >= 15 is 0 Å². The largest absolute Gasteiger partial charge is 0.359 e. The fourth-order valence-corrected chi connectivity index (χ4v) is 5.93. The summed E-state index contributed by atoms with van der Waals surface area (Å²) in [7, 11) is 0. The molecule has 38 heavy (non-hydrogen) atoms. The number of aromatic amines is 1. The summed E-state index contributed by atoms with van der Waals surface area (Å²) < 4.78 is 2.32. The molecule has 0 radical (unpaired) electrons. The van der Waals surface area contributed by atoms with Crippen LogP contribution in [0.1, 0.15) is 30.1 Å². The number of hydrogen-bond donors (Lipinski definition) is 1. The number of carbonyl (C=O) groups excluding carboxylic acids is 2. The van der Waals surface area contributed by atoms with Gasteiger partial charge in [-0.25, -0.2) is 4.90 Å². The van der Waals surface area contributed by atoms with Crippen molar-refractivity contribution in [2.45, 2.75) is 25.4 Å². The maximum Gasteiger partial charge on any atom is 0.266 e. The van der Waals surface area contributed by atoms with Gasteiger partial charge in [-0.15, -0.1) is 0 Å². The molecule has 1 fully saturated rings. The van der Waals surface area contributed by atoms with Crippen molar-refractivity contribution in [1.29, 1.82) is 0 Å². The molecule has 3 aromatic heterocycles. The second-order valence-electron chi connectivity index (χ2n) is 10.1. The number of imide groups is 1. The van der Waals surface area contributed by atoms with Crippen molar-refractivity contribution >= 4 is 44.9 Å². The first-order chi connectivity index (χ1) is 18.7. The van der Waals surface area contributed by atoms with Crippen molar-refractivity contribution in [2.24, 2.45) is 0 Å². The molecular formula is C31H27N5O2. The molecule has 5 heterocycles. The van der Waals surface area contributed by atoms with Crippen LogP contribution >= 0.6 is 0 Å². The van der Waals surface area contributed by atoms with Gasteiger partial charge in [0, 0.05) is 77.7 Å². The zero-order valence-electron chi connectivity index (χ0n) is 20.9. The van der Waals surface area contributed by atoms with Crippen LogP contribution in [0.5, 0.6) is 0 Å². The smallest absolute Gasteiger partial charge is 0.266 e. The molecule has 2 amide bonds. The lowest BCUT2D eigenvalue weighted by Gasteiger charge is -2.33. The highest BCUT2D eigenvalue weighted by Gasteiger charge is 2.36. The van der Waals surface area contributed by atoms with E-state index in [1.807, 2.05) is 60.8 Å². The van der Waals surface area contributed by atoms with Crippen molar-refractivity contribution in [1.82, 2.24) is 19.4 Å². The van der Waals surface area contributed by atoms with Crippen LogP contribution in [-0.2, 0) is 16.1 Å². The van der Waals surface area contributed by atoms with Gasteiger partial charge < -0.3 is 9.55 Å².